The van der Waals surface area contributed by atoms with Gasteiger partial charge in [0.15, 0.2) is 0 Å². The van der Waals surface area contributed by atoms with Crippen molar-refractivity contribution in [1.29, 1.82) is 0 Å². The van der Waals surface area contributed by atoms with Crippen LogP contribution in [-0.2, 0) is 13.5 Å². The minimum atomic E-state index is -0.761. The van der Waals surface area contributed by atoms with Crippen molar-refractivity contribution >= 4 is 17.5 Å². The first kappa shape index (κ1) is 17.7. The molecule has 0 aliphatic heterocycles. The maximum absolute atomic E-state index is 14.2. The monoisotopic (exact) mass is 387 g/mol. The highest BCUT2D eigenvalue weighted by Crippen LogP contribution is 2.33. The summed E-state index contributed by atoms with van der Waals surface area (Å²) in [4.78, 5) is 12.9. The lowest BCUT2D eigenvalue weighted by Crippen LogP contribution is -2.27. The Kier molecular flexibility index (Phi) is 4.44. The molecule has 27 heavy (non-hydrogen) atoms. The predicted molar refractivity (Wildman–Crippen MR) is 98.5 cm³/mol. The quantitative estimate of drug-likeness (QED) is 0.722. The van der Waals surface area contributed by atoms with E-state index in [2.05, 4.69) is 10.4 Å². The molecule has 0 saturated carbocycles. The van der Waals surface area contributed by atoms with Gasteiger partial charge in [-0.25, -0.2) is 8.78 Å². The Hall–Kier alpha value is -2.73. The van der Waals surface area contributed by atoms with Crippen LogP contribution in [0.25, 0.3) is 11.3 Å². The molecule has 138 valence electrons. The molecule has 0 radical (unpaired) electrons. The number of hydrogen-bond donors (Lipinski definition) is 1. The third-order valence-corrected chi connectivity index (χ3v) is 4.98. The van der Waals surface area contributed by atoms with Crippen LogP contribution in [0.4, 0.5) is 8.78 Å². The second kappa shape index (κ2) is 6.78. The average Bonchev–Trinajstić information content (AvgIpc) is 3.18. The molecule has 0 saturated heterocycles. The summed E-state index contributed by atoms with van der Waals surface area (Å²) in [6.45, 7) is 0. The second-order valence-corrected chi connectivity index (χ2v) is 7.03. The van der Waals surface area contributed by atoms with Crippen molar-refractivity contribution in [2.75, 3.05) is 0 Å². The fraction of sp³-hybridized carbons (Fsp3) is 0.200. The minimum absolute atomic E-state index is 0.0840. The predicted octanol–water partition coefficient (Wildman–Crippen LogP) is 4.44. The van der Waals surface area contributed by atoms with E-state index in [1.54, 1.807) is 13.1 Å². The van der Waals surface area contributed by atoms with Gasteiger partial charge < -0.3 is 5.32 Å². The largest absolute Gasteiger partial charge is 0.345 e. The topological polar surface area (TPSA) is 46.9 Å². The number of benzene rings is 2. The molecule has 1 atom stereocenters. The van der Waals surface area contributed by atoms with Crippen molar-refractivity contribution in [3.63, 3.8) is 0 Å². The van der Waals surface area contributed by atoms with Crippen LogP contribution in [0.3, 0.4) is 0 Å². The Bertz CT molecular complexity index is 1050. The van der Waals surface area contributed by atoms with E-state index in [9.17, 15) is 13.6 Å². The normalized spacial score (nSPS) is 15.6. The van der Waals surface area contributed by atoms with Crippen molar-refractivity contribution in [3.8, 4) is 11.3 Å². The van der Waals surface area contributed by atoms with Gasteiger partial charge in [-0.2, -0.15) is 5.10 Å². The molecule has 1 aliphatic carbocycles. The number of amides is 1. The van der Waals surface area contributed by atoms with Gasteiger partial charge in [0.2, 0.25) is 0 Å². The van der Waals surface area contributed by atoms with E-state index in [0.717, 1.165) is 36.1 Å². The van der Waals surface area contributed by atoms with Crippen LogP contribution >= 0.6 is 11.6 Å². The second-order valence-electron chi connectivity index (χ2n) is 6.60. The summed E-state index contributed by atoms with van der Waals surface area (Å²) in [6.07, 6.45) is 3.13. The van der Waals surface area contributed by atoms with Gasteiger partial charge in [-0.15, -0.1) is 0 Å². The Labute approximate surface area is 159 Å². The van der Waals surface area contributed by atoms with Crippen LogP contribution < -0.4 is 5.32 Å². The molecular formula is C20H16ClF2N3O. The SMILES string of the molecule is Cn1cc(C(=O)NC2CCc3cc(Cl)ccc32)c(-c2ccc(F)cc2F)n1. The van der Waals surface area contributed by atoms with Gasteiger partial charge in [-0.3, -0.25) is 9.48 Å². The zero-order valence-corrected chi connectivity index (χ0v) is 15.2. The molecule has 1 N–H and O–H groups in total. The van der Waals surface area contributed by atoms with E-state index in [4.69, 9.17) is 11.6 Å². The van der Waals surface area contributed by atoms with E-state index < -0.39 is 11.6 Å². The number of halogens is 3. The van der Waals surface area contributed by atoms with Crippen molar-refractivity contribution in [2.45, 2.75) is 18.9 Å². The molecular weight excluding hydrogens is 372 g/mol. The highest BCUT2D eigenvalue weighted by atomic mass is 35.5. The molecule has 2 aromatic carbocycles. The number of nitrogens with one attached hydrogen (secondary N) is 1. The molecule has 1 heterocycles. The van der Waals surface area contributed by atoms with Gasteiger partial charge in [-0.1, -0.05) is 17.7 Å². The van der Waals surface area contributed by atoms with Crippen molar-refractivity contribution < 1.29 is 13.6 Å². The fourth-order valence-corrected chi connectivity index (χ4v) is 3.70. The highest BCUT2D eigenvalue weighted by Gasteiger charge is 2.27. The molecule has 1 amide bonds. The van der Waals surface area contributed by atoms with Gasteiger partial charge in [-0.05, 0) is 48.2 Å². The van der Waals surface area contributed by atoms with Gasteiger partial charge in [0.1, 0.15) is 17.3 Å². The standard InChI is InChI=1S/C20H16ClF2N3O/c1-26-10-16(19(25-26)15-6-4-13(22)9-17(15)23)20(27)24-18-7-2-11-8-12(21)3-5-14(11)18/h3-6,8-10,18H,2,7H2,1H3,(H,24,27). The fourth-order valence-electron chi connectivity index (χ4n) is 3.51. The zero-order valence-electron chi connectivity index (χ0n) is 14.5. The summed E-state index contributed by atoms with van der Waals surface area (Å²) >= 11 is 6.03. The summed E-state index contributed by atoms with van der Waals surface area (Å²) in [7, 11) is 1.65. The van der Waals surface area contributed by atoms with Crippen LogP contribution in [-0.4, -0.2) is 15.7 Å². The number of nitrogens with zero attached hydrogens (tertiary/aromatic N) is 2. The average molecular weight is 388 g/mol. The zero-order chi connectivity index (χ0) is 19.1. The van der Waals surface area contributed by atoms with Crippen LogP contribution in [0.15, 0.2) is 42.6 Å². The molecule has 7 heteroatoms. The number of aromatic nitrogens is 2. The molecule has 0 bridgehead atoms. The van der Waals surface area contributed by atoms with Crippen molar-refractivity contribution in [2.24, 2.45) is 7.05 Å². The Morgan fingerprint density at radius 1 is 1.26 bits per heavy atom. The molecule has 1 aromatic heterocycles. The number of aryl methyl sites for hydroxylation is 2. The Balaban J connectivity index is 1.64. The summed E-state index contributed by atoms with van der Waals surface area (Å²) < 4.78 is 28.8. The van der Waals surface area contributed by atoms with E-state index in [1.165, 1.54) is 16.9 Å². The van der Waals surface area contributed by atoms with Gasteiger partial charge in [0.25, 0.3) is 5.91 Å². The first-order valence-electron chi connectivity index (χ1n) is 8.50. The molecule has 4 rings (SSSR count). The molecule has 0 spiro atoms. The molecule has 0 fully saturated rings. The Morgan fingerprint density at radius 2 is 2.07 bits per heavy atom. The lowest BCUT2D eigenvalue weighted by Gasteiger charge is -2.14. The summed E-state index contributed by atoms with van der Waals surface area (Å²) in [5.41, 5.74) is 2.66. The maximum Gasteiger partial charge on any atom is 0.255 e. The number of fused-ring (bicyclic) bond motifs is 1. The minimum Gasteiger partial charge on any atom is -0.345 e. The van der Waals surface area contributed by atoms with Crippen LogP contribution in [0.2, 0.25) is 5.02 Å². The van der Waals surface area contributed by atoms with Gasteiger partial charge >= 0.3 is 0 Å². The molecule has 3 aromatic rings. The molecule has 4 nitrogen and oxygen atoms in total. The van der Waals surface area contributed by atoms with Gasteiger partial charge in [0.05, 0.1) is 11.6 Å². The van der Waals surface area contributed by atoms with Crippen molar-refractivity contribution in [1.82, 2.24) is 15.1 Å². The van der Waals surface area contributed by atoms with E-state index in [1.807, 2.05) is 12.1 Å². The summed E-state index contributed by atoms with van der Waals surface area (Å²) in [5.74, 6) is -1.79. The number of carbonyl (C=O) groups is 1. The van der Waals surface area contributed by atoms with E-state index in [-0.39, 0.29) is 28.8 Å². The summed E-state index contributed by atoms with van der Waals surface area (Å²) in [5, 5.41) is 7.86. The van der Waals surface area contributed by atoms with E-state index in [0.29, 0.717) is 5.02 Å². The Morgan fingerprint density at radius 3 is 2.85 bits per heavy atom. The maximum atomic E-state index is 14.2. The lowest BCUT2D eigenvalue weighted by atomic mass is 10.1. The molecule has 1 unspecified atom stereocenters. The smallest absolute Gasteiger partial charge is 0.255 e. The third kappa shape index (κ3) is 3.32. The lowest BCUT2D eigenvalue weighted by molar-refractivity contribution is 0.0937. The van der Waals surface area contributed by atoms with Crippen LogP contribution in [0.5, 0.6) is 0 Å². The number of rotatable bonds is 3. The van der Waals surface area contributed by atoms with Crippen LogP contribution in [0, 0.1) is 11.6 Å². The first-order valence-corrected chi connectivity index (χ1v) is 8.88. The summed E-state index contributed by atoms with van der Waals surface area (Å²) in [6, 6.07) is 8.70. The van der Waals surface area contributed by atoms with Crippen LogP contribution in [0.1, 0.15) is 33.9 Å². The van der Waals surface area contributed by atoms with Gasteiger partial charge in [0, 0.05) is 29.9 Å². The van der Waals surface area contributed by atoms with E-state index >= 15 is 0 Å². The number of hydrogen-bond acceptors (Lipinski definition) is 2. The molecule has 1 aliphatic rings. The highest BCUT2D eigenvalue weighted by molar-refractivity contribution is 6.30. The first-order chi connectivity index (χ1) is 12.9. The third-order valence-electron chi connectivity index (χ3n) is 4.75. The van der Waals surface area contributed by atoms with Crippen molar-refractivity contribution in [3.05, 3.63) is 75.9 Å². The number of carbonyl (C=O) groups excluding carboxylic acids is 1.